The van der Waals surface area contributed by atoms with Gasteiger partial charge >= 0.3 is 6.03 Å². The minimum Gasteiger partial charge on any atom is -0.490 e. The van der Waals surface area contributed by atoms with Gasteiger partial charge in [-0.05, 0) is 87.7 Å². The van der Waals surface area contributed by atoms with Crippen LogP contribution in [0.4, 0.5) is 27.5 Å². The highest BCUT2D eigenvalue weighted by Gasteiger charge is 2.31. The molecule has 0 fully saturated rings. The molecule has 13 nitrogen and oxygen atoms in total. The zero-order chi connectivity index (χ0) is 42.3. The van der Waals surface area contributed by atoms with Crippen LogP contribution < -0.4 is 26.4 Å². The summed E-state index contributed by atoms with van der Waals surface area (Å²) in [6.45, 7) is 6.43. The van der Waals surface area contributed by atoms with Crippen LogP contribution in [0, 0.1) is 5.92 Å². The van der Waals surface area contributed by atoms with E-state index in [1.165, 1.54) is 0 Å². The van der Waals surface area contributed by atoms with Gasteiger partial charge in [0.05, 0.1) is 47.5 Å². The van der Waals surface area contributed by atoms with Crippen LogP contribution in [0.5, 0.6) is 5.75 Å². The molecule has 0 aliphatic carbocycles. The lowest BCUT2D eigenvalue weighted by atomic mass is 10.0. The number of rotatable bonds is 13. The van der Waals surface area contributed by atoms with Crippen molar-refractivity contribution < 1.29 is 33.8 Å². The fourth-order valence-corrected chi connectivity index (χ4v) is 7.16. The van der Waals surface area contributed by atoms with Gasteiger partial charge in [0.25, 0.3) is 5.91 Å². The zero-order valence-corrected chi connectivity index (χ0v) is 34.7. The van der Waals surface area contributed by atoms with E-state index < -0.39 is 12.1 Å². The molecule has 5 amide bonds. The van der Waals surface area contributed by atoms with E-state index in [2.05, 4.69) is 16.0 Å². The van der Waals surface area contributed by atoms with Crippen molar-refractivity contribution in [1.82, 2.24) is 9.80 Å². The van der Waals surface area contributed by atoms with Gasteiger partial charge in [-0.1, -0.05) is 61.9 Å². The predicted molar refractivity (Wildman–Crippen MR) is 234 cm³/mol. The summed E-state index contributed by atoms with van der Waals surface area (Å²) < 4.78 is 12.8. The first-order chi connectivity index (χ1) is 28.4. The van der Waals surface area contributed by atoms with Gasteiger partial charge in [-0.15, -0.1) is 0 Å². The lowest BCUT2D eigenvalue weighted by Crippen LogP contribution is -2.48. The number of nitrogens with zero attached hydrogens (tertiary/aromatic N) is 2. The Morgan fingerprint density at radius 2 is 1.58 bits per heavy atom. The van der Waals surface area contributed by atoms with Crippen molar-refractivity contribution in [2.75, 3.05) is 55.0 Å². The first kappa shape index (κ1) is 44.4. The van der Waals surface area contributed by atoms with Crippen LogP contribution >= 0.6 is 0 Å². The van der Waals surface area contributed by atoms with Crippen LogP contribution in [0.25, 0.3) is 10.8 Å². The number of amides is 5. The predicted octanol–water partition coefficient (Wildman–Crippen LogP) is 7.91. The first-order valence-corrected chi connectivity index (χ1v) is 20.7. The number of nitrogens with one attached hydrogen (secondary N) is 3. The van der Waals surface area contributed by atoms with Crippen LogP contribution in [0.1, 0.15) is 82.5 Å². The molecule has 0 spiro atoms. The van der Waals surface area contributed by atoms with Gasteiger partial charge in [0.1, 0.15) is 5.75 Å². The Morgan fingerprint density at radius 3 is 2.34 bits per heavy atom. The number of hydrogen-bond acceptors (Lipinski definition) is 8. The van der Waals surface area contributed by atoms with Gasteiger partial charge in [0.15, 0.2) is 0 Å². The number of urea groups is 1. The maximum absolute atomic E-state index is 14.5. The summed E-state index contributed by atoms with van der Waals surface area (Å²) in [7, 11) is 1.73. The zero-order valence-electron chi connectivity index (χ0n) is 34.7. The lowest BCUT2D eigenvalue weighted by Gasteiger charge is -2.35. The van der Waals surface area contributed by atoms with E-state index >= 15 is 0 Å². The third kappa shape index (κ3) is 12.9. The summed E-state index contributed by atoms with van der Waals surface area (Å²) in [5.74, 6) is -0.541. The van der Waals surface area contributed by atoms with Gasteiger partial charge in [-0.25, -0.2) is 4.79 Å². The molecule has 1 aliphatic rings. The average molecular weight is 809 g/mol. The van der Waals surface area contributed by atoms with Crippen molar-refractivity contribution in [3.63, 3.8) is 0 Å². The van der Waals surface area contributed by atoms with E-state index in [0.717, 1.165) is 30.0 Å². The minimum absolute atomic E-state index is 0.132. The van der Waals surface area contributed by atoms with E-state index in [1.54, 1.807) is 60.2 Å². The third-order valence-corrected chi connectivity index (χ3v) is 10.7. The topological polar surface area (TPSA) is 176 Å². The standard InChI is InChI=1S/C46H60N6O7/c1-31-28-52(32(2)30-53)45(56)37-27-35(48-43(54)22-6-5-7-23-44(55)49-40-20-11-10-19-38(40)47)24-25-41(37)59-33(3)15-12-13-26-58-42(31)29-51(4)46(57)50-39-21-14-17-34-16-8-9-18-36(34)39/h8-11,14,16-21,24-25,27,31-33,42,53H,5-7,12-13,15,22-23,26,28-30,47H2,1-4H3,(H,48,54)(H,49,55)(H,50,57)/t31-,32+,33+,42+/m0/s1. The van der Waals surface area contributed by atoms with Crippen molar-refractivity contribution in [3.05, 3.63) is 90.5 Å². The highest BCUT2D eigenvalue weighted by atomic mass is 16.5. The van der Waals surface area contributed by atoms with Crippen molar-refractivity contribution in [3.8, 4) is 5.75 Å². The van der Waals surface area contributed by atoms with E-state index in [9.17, 15) is 24.3 Å². The van der Waals surface area contributed by atoms with E-state index in [-0.39, 0.29) is 67.5 Å². The third-order valence-electron chi connectivity index (χ3n) is 10.7. The van der Waals surface area contributed by atoms with Crippen LogP contribution in [0.3, 0.4) is 0 Å². The molecule has 0 radical (unpaired) electrons. The maximum atomic E-state index is 14.5. The van der Waals surface area contributed by atoms with Crippen molar-refractivity contribution in [2.24, 2.45) is 5.92 Å². The van der Waals surface area contributed by atoms with Gasteiger partial charge in [0, 0.05) is 56.6 Å². The molecule has 1 heterocycles. The molecule has 6 N–H and O–H groups in total. The Bertz CT molecular complexity index is 2040. The molecule has 5 rings (SSSR count). The molecule has 316 valence electrons. The van der Waals surface area contributed by atoms with E-state index in [4.69, 9.17) is 15.2 Å². The molecule has 13 heteroatoms. The number of para-hydroxylation sites is 2. The van der Waals surface area contributed by atoms with Crippen molar-refractivity contribution in [2.45, 2.75) is 90.4 Å². The Hall–Kier alpha value is -5.66. The molecule has 0 saturated heterocycles. The molecule has 0 aromatic heterocycles. The number of carbonyl (C=O) groups excluding carboxylic acids is 4. The summed E-state index contributed by atoms with van der Waals surface area (Å²) in [4.78, 5) is 56.7. The number of nitrogen functional groups attached to an aromatic ring is 1. The normalized spacial score (nSPS) is 18.2. The van der Waals surface area contributed by atoms with Crippen LogP contribution in [0.15, 0.2) is 84.9 Å². The van der Waals surface area contributed by atoms with Crippen LogP contribution in [-0.2, 0) is 14.3 Å². The summed E-state index contributed by atoms with van der Waals surface area (Å²) in [5.41, 5.74) is 8.44. The highest BCUT2D eigenvalue weighted by Crippen LogP contribution is 2.29. The molecular formula is C46H60N6O7. The van der Waals surface area contributed by atoms with E-state index in [0.29, 0.717) is 60.8 Å². The second-order valence-electron chi connectivity index (χ2n) is 15.6. The minimum atomic E-state index is -0.554. The summed E-state index contributed by atoms with van der Waals surface area (Å²) in [6, 6.07) is 25.0. The number of unbranched alkanes of at least 4 members (excludes halogenated alkanes) is 2. The smallest absolute Gasteiger partial charge is 0.321 e. The molecule has 0 bridgehead atoms. The van der Waals surface area contributed by atoms with E-state index in [1.807, 2.05) is 62.4 Å². The SMILES string of the molecule is C[C@@H]1CCCCO[C@H](CN(C)C(=O)Nc2cccc3ccccc23)[C@@H](C)CN([C@H](C)CO)C(=O)c2cc(NC(=O)CCCCCC(=O)Nc3ccccc3N)ccc2O1. The summed E-state index contributed by atoms with van der Waals surface area (Å²) in [5, 5.41) is 21.1. The number of benzene rings is 4. The Labute approximate surface area is 347 Å². The van der Waals surface area contributed by atoms with Crippen LogP contribution in [0.2, 0.25) is 0 Å². The number of aliphatic hydroxyl groups is 1. The average Bonchev–Trinajstić information content (AvgIpc) is 3.22. The van der Waals surface area contributed by atoms with Crippen LogP contribution in [-0.4, -0.2) is 90.3 Å². The molecular weight excluding hydrogens is 749 g/mol. The second kappa shape index (κ2) is 21.9. The number of carbonyl (C=O) groups is 4. The number of nitrogens with two attached hydrogens (primary N) is 1. The quantitative estimate of drug-likeness (QED) is 0.0669. The Morgan fingerprint density at radius 1 is 0.881 bits per heavy atom. The molecule has 4 aromatic carbocycles. The number of likely N-dealkylation sites (N-methyl/N-ethyl adjacent to an activating group) is 1. The van der Waals surface area contributed by atoms with Gasteiger partial charge in [-0.2, -0.15) is 0 Å². The van der Waals surface area contributed by atoms with Crippen molar-refractivity contribution in [1.29, 1.82) is 0 Å². The second-order valence-corrected chi connectivity index (χ2v) is 15.6. The Kier molecular flexibility index (Phi) is 16.5. The molecule has 4 aromatic rings. The summed E-state index contributed by atoms with van der Waals surface area (Å²) in [6.07, 6.45) is 4.15. The van der Waals surface area contributed by atoms with Gasteiger partial charge in [0.2, 0.25) is 11.8 Å². The number of aliphatic hydroxyl groups excluding tert-OH is 1. The lowest BCUT2D eigenvalue weighted by molar-refractivity contribution is -0.116. The number of anilines is 4. The van der Waals surface area contributed by atoms with Gasteiger partial charge in [-0.3, -0.25) is 14.4 Å². The first-order valence-electron chi connectivity index (χ1n) is 20.7. The summed E-state index contributed by atoms with van der Waals surface area (Å²) >= 11 is 0. The van der Waals surface area contributed by atoms with Crippen molar-refractivity contribution >= 4 is 57.3 Å². The highest BCUT2D eigenvalue weighted by molar-refractivity contribution is 6.02. The fraction of sp³-hybridized carbons (Fsp3) is 0.435. The largest absolute Gasteiger partial charge is 0.490 e. The fourth-order valence-electron chi connectivity index (χ4n) is 7.16. The number of hydrogen-bond donors (Lipinski definition) is 5. The molecule has 0 saturated carbocycles. The molecule has 59 heavy (non-hydrogen) atoms. The Balaban J connectivity index is 1.24. The molecule has 4 atom stereocenters. The van der Waals surface area contributed by atoms with Gasteiger partial charge < -0.3 is 46.1 Å². The number of ether oxygens (including phenoxy) is 2. The number of fused-ring (bicyclic) bond motifs is 2. The molecule has 0 unspecified atom stereocenters. The monoisotopic (exact) mass is 808 g/mol. The molecule has 1 aliphatic heterocycles. The maximum Gasteiger partial charge on any atom is 0.321 e.